The Morgan fingerprint density at radius 3 is 2.64 bits per heavy atom. The highest BCUT2D eigenvalue weighted by atomic mass is 79.9. The molecule has 0 aliphatic carbocycles. The molecule has 0 saturated carbocycles. The summed E-state index contributed by atoms with van der Waals surface area (Å²) in [7, 11) is 1.99. The van der Waals surface area contributed by atoms with E-state index in [0.717, 1.165) is 11.0 Å². The average molecular weight is 260 g/mol. The number of hydrogen-bond acceptors (Lipinski definition) is 2. The van der Waals surface area contributed by atoms with Crippen molar-refractivity contribution >= 4 is 15.9 Å². The maximum atomic E-state index is 4.32. The van der Waals surface area contributed by atoms with Gasteiger partial charge in [-0.15, -0.1) is 0 Å². The van der Waals surface area contributed by atoms with Crippen molar-refractivity contribution < 1.29 is 0 Å². The Bertz CT molecular complexity index is 294. The Kier molecular flexibility index (Phi) is 4.13. The van der Waals surface area contributed by atoms with Gasteiger partial charge in [-0.05, 0) is 35.8 Å². The number of hydrogen-bond donors (Lipinski definition) is 1. The Hall–Kier alpha value is -0.350. The fourth-order valence-electron chi connectivity index (χ4n) is 1.72. The van der Waals surface area contributed by atoms with Crippen LogP contribution in [0.15, 0.2) is 10.7 Å². The molecular formula is C10H18BrN3. The van der Waals surface area contributed by atoms with E-state index in [1.54, 1.807) is 0 Å². The van der Waals surface area contributed by atoms with Crippen LogP contribution in [-0.4, -0.2) is 16.8 Å². The molecule has 0 bridgehead atoms. The van der Waals surface area contributed by atoms with E-state index in [0.29, 0.717) is 12.0 Å². The second kappa shape index (κ2) is 4.94. The van der Waals surface area contributed by atoms with Crippen LogP contribution in [0.25, 0.3) is 0 Å². The first-order valence-corrected chi connectivity index (χ1v) is 5.79. The maximum absolute atomic E-state index is 4.32. The van der Waals surface area contributed by atoms with Crippen molar-refractivity contribution in [2.75, 3.05) is 7.05 Å². The number of nitrogens with one attached hydrogen (secondary N) is 1. The molecule has 1 rings (SSSR count). The van der Waals surface area contributed by atoms with Crippen molar-refractivity contribution in [1.29, 1.82) is 0 Å². The zero-order valence-electron chi connectivity index (χ0n) is 9.21. The second-order valence-electron chi connectivity index (χ2n) is 3.70. The molecule has 0 amide bonds. The zero-order valence-corrected chi connectivity index (χ0v) is 10.8. The minimum absolute atomic E-state index is 0.354. The van der Waals surface area contributed by atoms with Gasteiger partial charge < -0.3 is 5.32 Å². The molecule has 1 atom stereocenters. The topological polar surface area (TPSA) is 29.9 Å². The van der Waals surface area contributed by atoms with Crippen molar-refractivity contribution in [2.45, 2.75) is 33.4 Å². The Labute approximate surface area is 94.0 Å². The summed E-state index contributed by atoms with van der Waals surface area (Å²) in [6, 6.07) is 0.354. The highest BCUT2D eigenvalue weighted by molar-refractivity contribution is 9.10. The van der Waals surface area contributed by atoms with Gasteiger partial charge in [-0.3, -0.25) is 4.68 Å². The summed E-state index contributed by atoms with van der Waals surface area (Å²) in [5.74, 6) is 0.554. The first kappa shape index (κ1) is 11.7. The number of halogens is 1. The fraction of sp³-hybridized carbons (Fsp3) is 0.700. The van der Waals surface area contributed by atoms with Crippen LogP contribution >= 0.6 is 15.9 Å². The molecule has 1 heterocycles. The van der Waals surface area contributed by atoms with E-state index >= 15 is 0 Å². The number of aromatic nitrogens is 2. The van der Waals surface area contributed by atoms with E-state index in [1.165, 1.54) is 5.69 Å². The van der Waals surface area contributed by atoms with Gasteiger partial charge in [0.1, 0.15) is 0 Å². The van der Waals surface area contributed by atoms with Gasteiger partial charge in [0.15, 0.2) is 0 Å². The largest absolute Gasteiger partial charge is 0.311 e. The van der Waals surface area contributed by atoms with Gasteiger partial charge >= 0.3 is 0 Å². The van der Waals surface area contributed by atoms with E-state index in [2.05, 4.69) is 47.1 Å². The van der Waals surface area contributed by atoms with Crippen LogP contribution in [0.5, 0.6) is 0 Å². The second-order valence-corrected chi connectivity index (χ2v) is 4.56. The smallest absolute Gasteiger partial charge is 0.0698 e. The molecule has 80 valence electrons. The molecule has 3 nitrogen and oxygen atoms in total. The molecular weight excluding hydrogens is 242 g/mol. The molecule has 0 fully saturated rings. The molecule has 1 aromatic heterocycles. The van der Waals surface area contributed by atoms with Crippen LogP contribution in [0.1, 0.15) is 32.5 Å². The van der Waals surface area contributed by atoms with E-state index in [1.807, 2.05) is 17.9 Å². The first-order chi connectivity index (χ1) is 6.61. The summed E-state index contributed by atoms with van der Waals surface area (Å²) < 4.78 is 3.12. The van der Waals surface area contributed by atoms with Crippen molar-refractivity contribution in [3.63, 3.8) is 0 Å². The van der Waals surface area contributed by atoms with E-state index < -0.39 is 0 Å². The molecule has 0 radical (unpaired) electrons. The molecule has 1 N–H and O–H groups in total. The van der Waals surface area contributed by atoms with Crippen molar-refractivity contribution in [1.82, 2.24) is 15.1 Å². The molecule has 1 unspecified atom stereocenters. The van der Waals surface area contributed by atoms with Crippen LogP contribution < -0.4 is 5.32 Å². The van der Waals surface area contributed by atoms with Crippen LogP contribution in [-0.2, 0) is 6.54 Å². The van der Waals surface area contributed by atoms with Gasteiger partial charge in [0.2, 0.25) is 0 Å². The van der Waals surface area contributed by atoms with Crippen molar-refractivity contribution in [3.8, 4) is 0 Å². The predicted octanol–water partition coefficient (Wildman–Crippen LogP) is 2.58. The minimum Gasteiger partial charge on any atom is -0.311 e. The number of nitrogens with zero attached hydrogens (tertiary/aromatic N) is 2. The predicted molar refractivity (Wildman–Crippen MR) is 62.2 cm³/mol. The SMILES string of the molecule is CCn1ncc(Br)c1C(NC)C(C)C. The maximum Gasteiger partial charge on any atom is 0.0698 e. The Morgan fingerprint density at radius 1 is 1.57 bits per heavy atom. The molecule has 0 saturated heterocycles. The summed E-state index contributed by atoms with van der Waals surface area (Å²) in [6.45, 7) is 7.43. The summed E-state index contributed by atoms with van der Waals surface area (Å²) in [6.07, 6.45) is 1.87. The third-order valence-corrected chi connectivity index (χ3v) is 3.02. The van der Waals surface area contributed by atoms with Gasteiger partial charge in [0.25, 0.3) is 0 Å². The van der Waals surface area contributed by atoms with Crippen LogP contribution in [0.2, 0.25) is 0 Å². The monoisotopic (exact) mass is 259 g/mol. The van der Waals surface area contributed by atoms with Gasteiger partial charge in [0.05, 0.1) is 22.4 Å². The molecule has 0 aliphatic heterocycles. The third-order valence-electron chi connectivity index (χ3n) is 2.41. The van der Waals surface area contributed by atoms with Gasteiger partial charge in [-0.25, -0.2) is 0 Å². The third kappa shape index (κ3) is 2.17. The first-order valence-electron chi connectivity index (χ1n) is 5.00. The average Bonchev–Trinajstić information content (AvgIpc) is 2.49. The Morgan fingerprint density at radius 2 is 2.21 bits per heavy atom. The van der Waals surface area contributed by atoms with E-state index in [-0.39, 0.29) is 0 Å². The van der Waals surface area contributed by atoms with Gasteiger partial charge in [-0.2, -0.15) is 5.10 Å². The van der Waals surface area contributed by atoms with E-state index in [9.17, 15) is 0 Å². The minimum atomic E-state index is 0.354. The standard InChI is InChI=1S/C10H18BrN3/c1-5-14-10(8(11)6-13-14)9(12-4)7(2)3/h6-7,9,12H,5H2,1-4H3. The lowest BCUT2D eigenvalue weighted by Crippen LogP contribution is -2.25. The molecule has 0 aliphatic rings. The van der Waals surface area contributed by atoms with Gasteiger partial charge in [-0.1, -0.05) is 13.8 Å². The Balaban J connectivity index is 3.07. The molecule has 0 spiro atoms. The molecule has 1 aromatic rings. The number of rotatable bonds is 4. The lowest BCUT2D eigenvalue weighted by molar-refractivity contribution is 0.408. The highest BCUT2D eigenvalue weighted by Gasteiger charge is 2.20. The number of aryl methyl sites for hydroxylation is 1. The summed E-state index contributed by atoms with van der Waals surface area (Å²) in [4.78, 5) is 0. The van der Waals surface area contributed by atoms with Crippen molar-refractivity contribution in [2.24, 2.45) is 5.92 Å². The lowest BCUT2D eigenvalue weighted by atomic mass is 10.0. The quantitative estimate of drug-likeness (QED) is 0.901. The summed E-state index contributed by atoms with van der Waals surface area (Å²) >= 11 is 3.54. The van der Waals surface area contributed by atoms with Crippen molar-refractivity contribution in [3.05, 3.63) is 16.4 Å². The van der Waals surface area contributed by atoms with Gasteiger partial charge in [0, 0.05) is 6.54 Å². The summed E-state index contributed by atoms with van der Waals surface area (Å²) in [5, 5.41) is 7.64. The molecule has 0 aromatic carbocycles. The van der Waals surface area contributed by atoms with Crippen LogP contribution in [0.4, 0.5) is 0 Å². The van der Waals surface area contributed by atoms with E-state index in [4.69, 9.17) is 0 Å². The molecule has 4 heteroatoms. The molecule has 14 heavy (non-hydrogen) atoms. The van der Waals surface area contributed by atoms with Crippen LogP contribution in [0, 0.1) is 5.92 Å². The highest BCUT2D eigenvalue weighted by Crippen LogP contribution is 2.27. The summed E-state index contributed by atoms with van der Waals surface area (Å²) in [5.41, 5.74) is 1.24. The normalized spacial score (nSPS) is 13.6. The fourth-order valence-corrected chi connectivity index (χ4v) is 2.26. The lowest BCUT2D eigenvalue weighted by Gasteiger charge is -2.21. The van der Waals surface area contributed by atoms with Crippen LogP contribution in [0.3, 0.4) is 0 Å². The zero-order chi connectivity index (χ0) is 10.7.